The van der Waals surface area contributed by atoms with Crippen molar-refractivity contribution in [2.45, 2.75) is 26.7 Å². The van der Waals surface area contributed by atoms with Crippen molar-refractivity contribution < 1.29 is 4.79 Å². The van der Waals surface area contributed by atoms with E-state index < -0.39 is 0 Å². The zero-order valence-electron chi connectivity index (χ0n) is 5.98. The highest BCUT2D eigenvalue weighted by Gasteiger charge is 1.88. The van der Waals surface area contributed by atoms with Crippen LogP contribution in [0.25, 0.3) is 0 Å². The summed E-state index contributed by atoms with van der Waals surface area (Å²) in [4.78, 5) is 10.0. The Morgan fingerprint density at radius 1 is 1.67 bits per heavy atom. The van der Waals surface area contributed by atoms with Gasteiger partial charge in [-0.1, -0.05) is 19.1 Å². The second kappa shape index (κ2) is 5.33. The molecular weight excluding hydrogens is 112 g/mol. The summed E-state index contributed by atoms with van der Waals surface area (Å²) in [5, 5.41) is 0. The van der Waals surface area contributed by atoms with Gasteiger partial charge in [0.15, 0.2) is 0 Å². The lowest BCUT2D eigenvalue weighted by Crippen LogP contribution is -1.77. The molecule has 0 saturated heterocycles. The van der Waals surface area contributed by atoms with Crippen molar-refractivity contribution in [1.82, 2.24) is 0 Å². The molecule has 1 nitrogen and oxygen atoms in total. The molecule has 0 saturated carbocycles. The topological polar surface area (TPSA) is 17.1 Å². The first-order valence-electron chi connectivity index (χ1n) is 3.19. The highest BCUT2D eigenvalue weighted by molar-refractivity contribution is 5.52. The van der Waals surface area contributed by atoms with E-state index in [2.05, 4.69) is 0 Å². The van der Waals surface area contributed by atoms with E-state index in [1.807, 2.05) is 31.9 Å². The monoisotopic (exact) mass is 124 g/mol. The van der Waals surface area contributed by atoms with E-state index in [1.54, 1.807) is 0 Å². The fourth-order valence-corrected chi connectivity index (χ4v) is 0.518. The Bertz CT molecular complexity index is 139. The highest BCUT2D eigenvalue weighted by atomic mass is 16.1. The summed E-state index contributed by atoms with van der Waals surface area (Å²) in [6, 6.07) is 0. The molecule has 0 aliphatic rings. The Labute approximate surface area is 56.1 Å². The maximum absolute atomic E-state index is 10.0. The molecule has 0 spiro atoms. The van der Waals surface area contributed by atoms with Crippen LogP contribution >= 0.6 is 0 Å². The molecule has 0 amide bonds. The second-order valence-corrected chi connectivity index (χ2v) is 1.83. The molecule has 0 rings (SSSR count). The average molecular weight is 124 g/mol. The summed E-state index contributed by atoms with van der Waals surface area (Å²) in [6.45, 7) is 3.90. The Morgan fingerprint density at radius 3 is 2.67 bits per heavy atom. The van der Waals surface area contributed by atoms with Gasteiger partial charge < -0.3 is 0 Å². The van der Waals surface area contributed by atoms with Crippen LogP contribution in [0.2, 0.25) is 0 Å². The summed E-state index contributed by atoms with van der Waals surface area (Å²) in [7, 11) is 0. The van der Waals surface area contributed by atoms with Gasteiger partial charge in [0, 0.05) is 5.57 Å². The summed E-state index contributed by atoms with van der Waals surface area (Å²) in [5.41, 5.74) is 0.841. The average Bonchev–Trinajstić information content (AvgIpc) is 1.91. The van der Waals surface area contributed by atoms with Crippen molar-refractivity contribution in [3.8, 4) is 0 Å². The minimum atomic E-state index is 0.760. The SMILES string of the molecule is CC=CCC(=C=O)CC. The van der Waals surface area contributed by atoms with E-state index in [0.717, 1.165) is 18.4 Å². The number of allylic oxidation sites excluding steroid dienone is 3. The molecule has 0 bridgehead atoms. The number of carbonyl (C=O) groups excluding carboxylic acids is 1. The maximum Gasteiger partial charge on any atom is 0.123 e. The van der Waals surface area contributed by atoms with Gasteiger partial charge in [-0.2, -0.15) is 0 Å². The first-order valence-corrected chi connectivity index (χ1v) is 3.19. The number of rotatable bonds is 3. The van der Waals surface area contributed by atoms with Gasteiger partial charge >= 0.3 is 0 Å². The van der Waals surface area contributed by atoms with Crippen LogP contribution in [0.5, 0.6) is 0 Å². The molecule has 0 unspecified atom stereocenters. The minimum Gasteiger partial charge on any atom is -0.234 e. The molecule has 50 valence electrons. The molecule has 0 aliphatic carbocycles. The van der Waals surface area contributed by atoms with Crippen LogP contribution in [0.3, 0.4) is 0 Å². The quantitative estimate of drug-likeness (QED) is 0.416. The summed E-state index contributed by atoms with van der Waals surface area (Å²) in [5.74, 6) is 1.90. The van der Waals surface area contributed by atoms with Gasteiger partial charge in [-0.3, -0.25) is 0 Å². The third kappa shape index (κ3) is 3.75. The van der Waals surface area contributed by atoms with Crippen LogP contribution in [0.4, 0.5) is 0 Å². The van der Waals surface area contributed by atoms with E-state index in [0.29, 0.717) is 0 Å². The zero-order chi connectivity index (χ0) is 7.11. The van der Waals surface area contributed by atoms with Gasteiger partial charge in [0.1, 0.15) is 5.94 Å². The first-order chi connectivity index (χ1) is 4.35. The van der Waals surface area contributed by atoms with E-state index in [9.17, 15) is 4.79 Å². The molecule has 0 N–H and O–H groups in total. The molecule has 1 heteroatoms. The standard InChI is InChI=1S/C8H12O/c1-3-5-6-8(4-2)7-9/h3,5H,4,6H2,1-2H3. The summed E-state index contributed by atoms with van der Waals surface area (Å²) in [6.07, 6.45) is 5.47. The molecule has 0 aromatic heterocycles. The van der Waals surface area contributed by atoms with E-state index in [1.165, 1.54) is 0 Å². The lowest BCUT2D eigenvalue weighted by Gasteiger charge is -1.89. The molecule has 0 aliphatic heterocycles. The van der Waals surface area contributed by atoms with Crippen molar-refractivity contribution >= 4 is 5.94 Å². The molecule has 0 heterocycles. The van der Waals surface area contributed by atoms with Crippen molar-refractivity contribution in [3.63, 3.8) is 0 Å². The van der Waals surface area contributed by atoms with E-state index in [-0.39, 0.29) is 0 Å². The van der Waals surface area contributed by atoms with Crippen molar-refractivity contribution in [2.24, 2.45) is 0 Å². The van der Waals surface area contributed by atoms with Crippen LogP contribution in [-0.4, -0.2) is 5.94 Å². The largest absolute Gasteiger partial charge is 0.234 e. The predicted molar refractivity (Wildman–Crippen MR) is 38.9 cm³/mol. The Balaban J connectivity index is 3.72. The lowest BCUT2D eigenvalue weighted by molar-refractivity contribution is 0.566. The molecule has 9 heavy (non-hydrogen) atoms. The van der Waals surface area contributed by atoms with Gasteiger partial charge in [-0.15, -0.1) is 0 Å². The summed E-state index contributed by atoms with van der Waals surface area (Å²) >= 11 is 0. The molecule has 0 atom stereocenters. The maximum atomic E-state index is 10.0. The fourth-order valence-electron chi connectivity index (χ4n) is 0.518. The Kier molecular flexibility index (Phi) is 4.85. The van der Waals surface area contributed by atoms with E-state index in [4.69, 9.17) is 0 Å². The van der Waals surface area contributed by atoms with Crippen LogP contribution < -0.4 is 0 Å². The number of hydrogen-bond donors (Lipinski definition) is 0. The predicted octanol–water partition coefficient (Wildman–Crippen LogP) is 2.12. The second-order valence-electron chi connectivity index (χ2n) is 1.83. The molecule has 0 aromatic carbocycles. The van der Waals surface area contributed by atoms with E-state index >= 15 is 0 Å². The normalized spacial score (nSPS) is 9.56. The van der Waals surface area contributed by atoms with Crippen LogP contribution in [0.15, 0.2) is 17.7 Å². The summed E-state index contributed by atoms with van der Waals surface area (Å²) < 4.78 is 0. The van der Waals surface area contributed by atoms with Gasteiger partial charge in [0.05, 0.1) is 0 Å². The van der Waals surface area contributed by atoms with Crippen molar-refractivity contribution in [3.05, 3.63) is 17.7 Å². The lowest BCUT2D eigenvalue weighted by atomic mass is 10.1. The number of hydrogen-bond acceptors (Lipinski definition) is 1. The Hall–Kier alpha value is -0.810. The third-order valence-corrected chi connectivity index (χ3v) is 1.17. The molecule has 0 aromatic rings. The fraction of sp³-hybridized carbons (Fsp3) is 0.500. The smallest absolute Gasteiger partial charge is 0.123 e. The van der Waals surface area contributed by atoms with Crippen molar-refractivity contribution in [2.75, 3.05) is 0 Å². The van der Waals surface area contributed by atoms with Crippen LogP contribution in [0, 0.1) is 0 Å². The molecule has 0 radical (unpaired) electrons. The van der Waals surface area contributed by atoms with Gasteiger partial charge in [-0.05, 0) is 19.8 Å². The third-order valence-electron chi connectivity index (χ3n) is 1.17. The molecule has 0 fully saturated rings. The minimum absolute atomic E-state index is 0.760. The molecular formula is C8H12O. The van der Waals surface area contributed by atoms with Gasteiger partial charge in [0.2, 0.25) is 0 Å². The Morgan fingerprint density at radius 2 is 2.33 bits per heavy atom. The van der Waals surface area contributed by atoms with Crippen LogP contribution in [0.1, 0.15) is 26.7 Å². The zero-order valence-corrected chi connectivity index (χ0v) is 5.98. The first kappa shape index (κ1) is 8.19. The van der Waals surface area contributed by atoms with Crippen LogP contribution in [-0.2, 0) is 4.79 Å². The highest BCUT2D eigenvalue weighted by Crippen LogP contribution is 2.01. The van der Waals surface area contributed by atoms with Gasteiger partial charge in [0.25, 0.3) is 0 Å². The van der Waals surface area contributed by atoms with Crippen molar-refractivity contribution in [1.29, 1.82) is 0 Å². The van der Waals surface area contributed by atoms with Gasteiger partial charge in [-0.25, -0.2) is 4.79 Å².